The summed E-state index contributed by atoms with van der Waals surface area (Å²) < 4.78 is 0. The molecule has 0 radical (unpaired) electrons. The van der Waals surface area contributed by atoms with Gasteiger partial charge < -0.3 is 5.73 Å². The highest BCUT2D eigenvalue weighted by atomic mass is 16.6. The van der Waals surface area contributed by atoms with E-state index in [1.807, 2.05) is 0 Å². The van der Waals surface area contributed by atoms with Gasteiger partial charge in [0.15, 0.2) is 0 Å². The molecule has 0 saturated carbocycles. The van der Waals surface area contributed by atoms with E-state index >= 15 is 0 Å². The van der Waals surface area contributed by atoms with Crippen molar-refractivity contribution in [2.45, 2.75) is 26.2 Å². The van der Waals surface area contributed by atoms with Gasteiger partial charge in [-0.25, -0.2) is 0 Å². The molecule has 0 spiro atoms. The van der Waals surface area contributed by atoms with Crippen LogP contribution in [0.15, 0.2) is 12.1 Å². The fraction of sp³-hybridized carbons (Fsp3) is 0.455. The maximum absolute atomic E-state index is 10.9. The molecule has 0 aliphatic heterocycles. The molecular formula is C11H15N3O4. The van der Waals surface area contributed by atoms with Crippen molar-refractivity contribution in [1.82, 2.24) is 0 Å². The summed E-state index contributed by atoms with van der Waals surface area (Å²) in [7, 11) is 0. The Labute approximate surface area is 104 Å². The number of nitrogens with two attached hydrogens (primary N) is 1. The minimum atomic E-state index is -0.572. The molecule has 18 heavy (non-hydrogen) atoms. The summed E-state index contributed by atoms with van der Waals surface area (Å²) in [6.07, 6.45) is 1.58. The summed E-state index contributed by atoms with van der Waals surface area (Å²) in [6.45, 7) is 2.07. The monoisotopic (exact) mass is 253 g/mol. The SMILES string of the molecule is Cc1cc([N+](=O)[O-])c(CCCCN)c([N+](=O)[O-])c1. The number of hydrogen-bond acceptors (Lipinski definition) is 5. The second kappa shape index (κ2) is 6.06. The van der Waals surface area contributed by atoms with Crippen molar-refractivity contribution in [2.24, 2.45) is 5.73 Å². The predicted octanol–water partition coefficient (Wildman–Crippen LogP) is 2.09. The molecule has 0 aliphatic rings. The fourth-order valence-corrected chi connectivity index (χ4v) is 1.81. The van der Waals surface area contributed by atoms with E-state index in [4.69, 9.17) is 5.73 Å². The van der Waals surface area contributed by atoms with Crippen LogP contribution in [0.2, 0.25) is 0 Å². The van der Waals surface area contributed by atoms with Crippen molar-refractivity contribution < 1.29 is 9.85 Å². The second-order valence-electron chi connectivity index (χ2n) is 4.04. The smallest absolute Gasteiger partial charge is 0.279 e. The Morgan fingerprint density at radius 3 is 2.00 bits per heavy atom. The number of nitrogens with zero attached hydrogens (tertiary/aromatic N) is 2. The second-order valence-corrected chi connectivity index (χ2v) is 4.04. The van der Waals surface area contributed by atoms with Crippen molar-refractivity contribution in [2.75, 3.05) is 6.54 Å². The third-order valence-corrected chi connectivity index (χ3v) is 2.62. The Bertz CT molecular complexity index is 438. The number of nitro benzene ring substituents is 2. The number of benzene rings is 1. The first-order valence-electron chi connectivity index (χ1n) is 5.59. The Morgan fingerprint density at radius 2 is 1.61 bits per heavy atom. The number of unbranched alkanes of at least 4 members (excludes halogenated alkanes) is 1. The van der Waals surface area contributed by atoms with Gasteiger partial charge in [0.25, 0.3) is 11.4 Å². The molecule has 0 bridgehead atoms. The summed E-state index contributed by atoms with van der Waals surface area (Å²) in [5, 5.41) is 21.9. The Balaban J connectivity index is 3.23. The third-order valence-electron chi connectivity index (χ3n) is 2.62. The van der Waals surface area contributed by atoms with E-state index in [-0.39, 0.29) is 16.9 Å². The maximum Gasteiger partial charge on any atom is 0.279 e. The van der Waals surface area contributed by atoms with E-state index in [0.717, 1.165) is 0 Å². The molecule has 0 aromatic heterocycles. The topological polar surface area (TPSA) is 112 Å². The molecule has 1 aromatic rings. The summed E-state index contributed by atoms with van der Waals surface area (Å²) in [5.41, 5.74) is 5.68. The van der Waals surface area contributed by atoms with Crippen LogP contribution in [-0.4, -0.2) is 16.4 Å². The van der Waals surface area contributed by atoms with Gasteiger partial charge >= 0.3 is 0 Å². The van der Waals surface area contributed by atoms with E-state index in [9.17, 15) is 20.2 Å². The van der Waals surface area contributed by atoms with Crippen LogP contribution in [0.3, 0.4) is 0 Å². The molecule has 0 saturated heterocycles. The first-order chi connectivity index (χ1) is 8.47. The van der Waals surface area contributed by atoms with Gasteiger partial charge in [-0.1, -0.05) is 0 Å². The van der Waals surface area contributed by atoms with Gasteiger partial charge in [-0.05, 0) is 38.3 Å². The lowest BCUT2D eigenvalue weighted by Crippen LogP contribution is -2.04. The van der Waals surface area contributed by atoms with Crippen LogP contribution < -0.4 is 5.73 Å². The lowest BCUT2D eigenvalue weighted by atomic mass is 10.0. The van der Waals surface area contributed by atoms with Crippen LogP contribution in [0.5, 0.6) is 0 Å². The lowest BCUT2D eigenvalue weighted by Gasteiger charge is -2.05. The predicted molar refractivity (Wildman–Crippen MR) is 66.5 cm³/mol. The molecule has 1 aromatic carbocycles. The van der Waals surface area contributed by atoms with Gasteiger partial charge in [0.05, 0.1) is 9.85 Å². The van der Waals surface area contributed by atoms with Gasteiger partial charge in [-0.3, -0.25) is 20.2 Å². The van der Waals surface area contributed by atoms with Crippen LogP contribution in [0.4, 0.5) is 11.4 Å². The number of aryl methyl sites for hydroxylation is 1. The standard InChI is InChI=1S/C11H15N3O4/c1-8-6-10(13(15)16)9(4-2-3-5-12)11(7-8)14(17)18/h6-7H,2-5,12H2,1H3. The van der Waals surface area contributed by atoms with Gasteiger partial charge in [-0.2, -0.15) is 0 Å². The van der Waals surface area contributed by atoms with E-state index < -0.39 is 9.85 Å². The fourth-order valence-electron chi connectivity index (χ4n) is 1.81. The first-order valence-corrected chi connectivity index (χ1v) is 5.59. The van der Waals surface area contributed by atoms with Crippen molar-refractivity contribution in [3.63, 3.8) is 0 Å². The van der Waals surface area contributed by atoms with Gasteiger partial charge in [-0.15, -0.1) is 0 Å². The Hall–Kier alpha value is -2.02. The van der Waals surface area contributed by atoms with Crippen molar-refractivity contribution in [1.29, 1.82) is 0 Å². The minimum Gasteiger partial charge on any atom is -0.330 e. The molecular weight excluding hydrogens is 238 g/mol. The van der Waals surface area contributed by atoms with Crippen LogP contribution >= 0.6 is 0 Å². The highest BCUT2D eigenvalue weighted by Crippen LogP contribution is 2.31. The van der Waals surface area contributed by atoms with Crippen LogP contribution in [0.1, 0.15) is 24.0 Å². The quantitative estimate of drug-likeness (QED) is 0.473. The lowest BCUT2D eigenvalue weighted by molar-refractivity contribution is -0.395. The van der Waals surface area contributed by atoms with E-state index in [2.05, 4.69) is 0 Å². The molecule has 0 atom stereocenters. The summed E-state index contributed by atoms with van der Waals surface area (Å²) in [4.78, 5) is 20.7. The van der Waals surface area contributed by atoms with E-state index in [1.165, 1.54) is 12.1 Å². The number of hydrogen-bond donors (Lipinski definition) is 1. The average Bonchev–Trinajstić information content (AvgIpc) is 2.30. The highest BCUT2D eigenvalue weighted by molar-refractivity contribution is 5.56. The molecule has 0 heterocycles. The summed E-state index contributed by atoms with van der Waals surface area (Å²) in [5.74, 6) is 0. The molecule has 98 valence electrons. The van der Waals surface area contributed by atoms with Gasteiger partial charge in [0.1, 0.15) is 5.56 Å². The average molecular weight is 253 g/mol. The molecule has 0 fully saturated rings. The van der Waals surface area contributed by atoms with Crippen molar-refractivity contribution in [3.8, 4) is 0 Å². The van der Waals surface area contributed by atoms with E-state index in [0.29, 0.717) is 31.4 Å². The van der Waals surface area contributed by atoms with Crippen LogP contribution in [0, 0.1) is 27.2 Å². The normalized spacial score (nSPS) is 10.3. The molecule has 0 amide bonds. The number of rotatable bonds is 6. The van der Waals surface area contributed by atoms with Crippen LogP contribution in [0.25, 0.3) is 0 Å². The maximum atomic E-state index is 10.9. The minimum absolute atomic E-state index is 0.182. The van der Waals surface area contributed by atoms with Gasteiger partial charge in [0.2, 0.25) is 0 Å². The molecule has 7 nitrogen and oxygen atoms in total. The molecule has 0 aliphatic carbocycles. The first kappa shape index (κ1) is 14.0. The highest BCUT2D eigenvalue weighted by Gasteiger charge is 2.25. The molecule has 2 N–H and O–H groups in total. The van der Waals surface area contributed by atoms with E-state index in [1.54, 1.807) is 6.92 Å². The molecule has 0 unspecified atom stereocenters. The summed E-state index contributed by atoms with van der Waals surface area (Å²) in [6, 6.07) is 2.73. The van der Waals surface area contributed by atoms with Gasteiger partial charge in [0, 0.05) is 12.1 Å². The Morgan fingerprint density at radius 1 is 1.11 bits per heavy atom. The largest absolute Gasteiger partial charge is 0.330 e. The third kappa shape index (κ3) is 3.24. The van der Waals surface area contributed by atoms with Crippen molar-refractivity contribution in [3.05, 3.63) is 43.5 Å². The summed E-state index contributed by atoms with van der Waals surface area (Å²) >= 11 is 0. The van der Waals surface area contributed by atoms with Crippen LogP contribution in [-0.2, 0) is 6.42 Å². The molecule has 7 heteroatoms. The Kier molecular flexibility index (Phi) is 4.73. The van der Waals surface area contributed by atoms with Crippen molar-refractivity contribution >= 4 is 11.4 Å². The number of nitro groups is 2. The molecule has 1 rings (SSSR count). The zero-order valence-corrected chi connectivity index (χ0v) is 10.1. The zero-order chi connectivity index (χ0) is 13.7. The zero-order valence-electron chi connectivity index (χ0n) is 10.1.